The Morgan fingerprint density at radius 1 is 1.19 bits per heavy atom. The molecular weight excluding hydrogens is 378 g/mol. The van der Waals surface area contributed by atoms with Crippen molar-refractivity contribution >= 4 is 38.5 Å². The molecule has 0 spiro atoms. The van der Waals surface area contributed by atoms with Crippen LogP contribution in [0.2, 0.25) is 0 Å². The molecule has 0 amide bonds. The van der Waals surface area contributed by atoms with Crippen LogP contribution < -0.4 is 9.46 Å². The summed E-state index contributed by atoms with van der Waals surface area (Å²) in [6.07, 6.45) is 1.39. The topological polar surface area (TPSA) is 125 Å². The number of methoxy groups -OCH3 is 1. The molecule has 10 nitrogen and oxygen atoms in total. The highest BCUT2D eigenvalue weighted by atomic mass is 32.2. The summed E-state index contributed by atoms with van der Waals surface area (Å²) in [6.45, 7) is 0. The van der Waals surface area contributed by atoms with Crippen LogP contribution in [0, 0.1) is 0 Å². The van der Waals surface area contributed by atoms with Gasteiger partial charge in [-0.2, -0.15) is 13.4 Å². The van der Waals surface area contributed by atoms with Crippen LogP contribution >= 0.6 is 11.7 Å². The van der Waals surface area contributed by atoms with Crippen LogP contribution in [0.25, 0.3) is 16.7 Å². The van der Waals surface area contributed by atoms with Crippen molar-refractivity contribution in [2.75, 3.05) is 11.8 Å². The van der Waals surface area contributed by atoms with E-state index in [1.54, 1.807) is 30.3 Å². The van der Waals surface area contributed by atoms with Gasteiger partial charge in [-0.25, -0.2) is 8.42 Å². The summed E-state index contributed by atoms with van der Waals surface area (Å²) < 4.78 is 43.0. The highest BCUT2D eigenvalue weighted by Gasteiger charge is 2.20. The van der Waals surface area contributed by atoms with Gasteiger partial charge in [-0.05, 0) is 40.8 Å². The first-order valence-electron chi connectivity index (χ1n) is 7.24. The van der Waals surface area contributed by atoms with Crippen molar-refractivity contribution in [1.82, 2.24) is 29.0 Å². The van der Waals surface area contributed by atoms with E-state index in [-0.39, 0.29) is 4.90 Å². The molecule has 132 valence electrons. The molecule has 0 bridgehead atoms. The maximum atomic E-state index is 12.8. The summed E-state index contributed by atoms with van der Waals surface area (Å²) in [4.78, 5) is 0.0588. The highest BCUT2D eigenvalue weighted by molar-refractivity contribution is 7.93. The maximum absolute atomic E-state index is 12.8. The van der Waals surface area contributed by atoms with E-state index >= 15 is 0 Å². The van der Waals surface area contributed by atoms with E-state index in [2.05, 4.69) is 29.0 Å². The summed E-state index contributed by atoms with van der Waals surface area (Å²) in [5.74, 6) is 0.492. The Balaban J connectivity index is 1.75. The SMILES string of the molecule is COc1ccc(NS(=O)(=O)c2cccc3nsnc23)cc1-n1cnnn1. The van der Waals surface area contributed by atoms with Crippen LogP contribution in [0.5, 0.6) is 5.75 Å². The van der Waals surface area contributed by atoms with E-state index in [0.717, 1.165) is 11.7 Å². The standard InChI is InChI=1S/C14H11N7O3S2/c1-24-12-6-5-9(7-11(12)21-8-15-19-20-21)18-26(22,23)13-4-2-3-10-14(13)17-25-16-10/h2-8,18H,1H3. The molecule has 0 aliphatic rings. The summed E-state index contributed by atoms with van der Waals surface area (Å²) in [7, 11) is -2.36. The zero-order chi connectivity index (χ0) is 18.1. The van der Waals surface area contributed by atoms with Crippen molar-refractivity contribution in [3.8, 4) is 11.4 Å². The van der Waals surface area contributed by atoms with Crippen LogP contribution in [-0.4, -0.2) is 44.5 Å². The zero-order valence-corrected chi connectivity index (χ0v) is 14.9. The molecule has 26 heavy (non-hydrogen) atoms. The Labute approximate surface area is 151 Å². The number of nitrogens with zero attached hydrogens (tertiary/aromatic N) is 6. The Morgan fingerprint density at radius 3 is 2.85 bits per heavy atom. The van der Waals surface area contributed by atoms with Gasteiger partial charge in [-0.1, -0.05) is 6.07 Å². The molecule has 2 aromatic carbocycles. The molecule has 0 unspecified atom stereocenters. The lowest BCUT2D eigenvalue weighted by atomic mass is 10.2. The van der Waals surface area contributed by atoms with Gasteiger partial charge < -0.3 is 4.74 Å². The summed E-state index contributed by atoms with van der Waals surface area (Å²) in [5.41, 5.74) is 1.68. The van der Waals surface area contributed by atoms with Gasteiger partial charge in [0, 0.05) is 0 Å². The molecule has 1 N–H and O–H groups in total. The third-order valence-electron chi connectivity index (χ3n) is 3.57. The van der Waals surface area contributed by atoms with Gasteiger partial charge >= 0.3 is 0 Å². The average Bonchev–Trinajstić information content (AvgIpc) is 3.32. The second-order valence-corrected chi connectivity index (χ2v) is 7.31. The summed E-state index contributed by atoms with van der Waals surface area (Å²) in [5, 5.41) is 11.0. The zero-order valence-electron chi connectivity index (χ0n) is 13.3. The van der Waals surface area contributed by atoms with Gasteiger partial charge in [0.2, 0.25) is 0 Å². The fraction of sp³-hybridized carbons (Fsp3) is 0.0714. The first-order chi connectivity index (χ1) is 12.6. The Hall–Kier alpha value is -3.12. The van der Waals surface area contributed by atoms with Crippen LogP contribution in [0.1, 0.15) is 0 Å². The third-order valence-corrected chi connectivity index (χ3v) is 5.52. The number of fused-ring (bicyclic) bond motifs is 1. The molecule has 0 saturated carbocycles. The number of rotatable bonds is 5. The average molecular weight is 389 g/mol. The van der Waals surface area contributed by atoms with E-state index in [1.807, 2.05) is 0 Å². The number of hydrogen-bond acceptors (Lipinski definition) is 9. The summed E-state index contributed by atoms with van der Waals surface area (Å²) in [6, 6.07) is 9.60. The fourth-order valence-corrected chi connectivity index (χ4v) is 4.23. The van der Waals surface area contributed by atoms with E-state index in [1.165, 1.54) is 24.2 Å². The van der Waals surface area contributed by atoms with Crippen molar-refractivity contribution in [2.45, 2.75) is 4.90 Å². The lowest BCUT2D eigenvalue weighted by Crippen LogP contribution is -2.14. The molecule has 0 saturated heterocycles. The normalized spacial score (nSPS) is 11.6. The minimum Gasteiger partial charge on any atom is -0.494 e. The first-order valence-corrected chi connectivity index (χ1v) is 9.45. The third kappa shape index (κ3) is 2.84. The molecule has 0 fully saturated rings. The molecule has 4 rings (SSSR count). The molecule has 2 heterocycles. The van der Waals surface area contributed by atoms with Crippen molar-refractivity contribution in [3.63, 3.8) is 0 Å². The molecule has 0 atom stereocenters. The van der Waals surface area contributed by atoms with E-state index in [4.69, 9.17) is 4.74 Å². The van der Waals surface area contributed by atoms with E-state index in [0.29, 0.717) is 28.2 Å². The van der Waals surface area contributed by atoms with Crippen molar-refractivity contribution in [2.24, 2.45) is 0 Å². The summed E-state index contributed by atoms with van der Waals surface area (Å²) >= 11 is 0.961. The van der Waals surface area contributed by atoms with E-state index < -0.39 is 10.0 Å². The lowest BCUT2D eigenvalue weighted by molar-refractivity contribution is 0.411. The number of benzene rings is 2. The van der Waals surface area contributed by atoms with Gasteiger partial charge in [-0.15, -0.1) is 5.10 Å². The number of tetrazole rings is 1. The molecule has 2 aromatic heterocycles. The number of sulfonamides is 1. The molecule has 4 aromatic rings. The highest BCUT2D eigenvalue weighted by Crippen LogP contribution is 2.28. The number of aromatic nitrogens is 6. The molecule has 0 radical (unpaired) electrons. The Morgan fingerprint density at radius 2 is 2.08 bits per heavy atom. The fourth-order valence-electron chi connectivity index (χ4n) is 2.41. The minimum atomic E-state index is -3.86. The van der Waals surface area contributed by atoms with Crippen molar-refractivity contribution in [3.05, 3.63) is 42.7 Å². The van der Waals surface area contributed by atoms with Gasteiger partial charge in [0.25, 0.3) is 10.0 Å². The van der Waals surface area contributed by atoms with Gasteiger partial charge in [0.15, 0.2) is 0 Å². The van der Waals surface area contributed by atoms with Gasteiger partial charge in [0.1, 0.15) is 33.7 Å². The number of nitrogens with one attached hydrogen (secondary N) is 1. The van der Waals surface area contributed by atoms with E-state index in [9.17, 15) is 8.42 Å². The lowest BCUT2D eigenvalue weighted by Gasteiger charge is -2.12. The van der Waals surface area contributed by atoms with Gasteiger partial charge in [-0.3, -0.25) is 4.72 Å². The maximum Gasteiger partial charge on any atom is 0.264 e. The smallest absolute Gasteiger partial charge is 0.264 e. The second-order valence-electron chi connectivity index (χ2n) is 5.13. The number of ether oxygens (including phenoxy) is 1. The Bertz CT molecular complexity index is 1170. The first kappa shape index (κ1) is 16.4. The Kier molecular flexibility index (Phi) is 3.97. The van der Waals surface area contributed by atoms with Crippen molar-refractivity contribution < 1.29 is 13.2 Å². The molecule has 0 aliphatic heterocycles. The minimum absolute atomic E-state index is 0.0588. The predicted octanol–water partition coefficient (Wildman–Crippen LogP) is 1.48. The van der Waals surface area contributed by atoms with Gasteiger partial charge in [0.05, 0.1) is 24.5 Å². The van der Waals surface area contributed by atoms with Crippen molar-refractivity contribution in [1.29, 1.82) is 0 Å². The largest absolute Gasteiger partial charge is 0.494 e. The van der Waals surface area contributed by atoms with Crippen LogP contribution in [0.4, 0.5) is 5.69 Å². The second kappa shape index (κ2) is 6.31. The number of anilines is 1. The van der Waals surface area contributed by atoms with Crippen LogP contribution in [-0.2, 0) is 10.0 Å². The van der Waals surface area contributed by atoms with Crippen LogP contribution in [0.3, 0.4) is 0 Å². The monoisotopic (exact) mass is 389 g/mol. The number of hydrogen-bond donors (Lipinski definition) is 1. The van der Waals surface area contributed by atoms with Crippen LogP contribution in [0.15, 0.2) is 47.6 Å². The molecule has 0 aliphatic carbocycles. The molecule has 12 heteroatoms. The molecular formula is C14H11N7O3S2. The quantitative estimate of drug-likeness (QED) is 0.544. The predicted molar refractivity (Wildman–Crippen MR) is 93.9 cm³/mol.